The average Bonchev–Trinajstić information content (AvgIpc) is 3.19. The van der Waals surface area contributed by atoms with Crippen LogP contribution in [-0.4, -0.2) is 83.2 Å². The maximum atomic E-state index is 11.2. The monoisotopic (exact) mass is 702 g/mol. The van der Waals surface area contributed by atoms with E-state index in [-0.39, 0.29) is 24.0 Å². The number of morpholine rings is 1. The fourth-order valence-electron chi connectivity index (χ4n) is 6.25. The second-order valence-corrected chi connectivity index (χ2v) is 12.0. The van der Waals surface area contributed by atoms with Crippen LogP contribution in [0.1, 0.15) is 35.2 Å². The van der Waals surface area contributed by atoms with Gasteiger partial charge in [0.05, 0.1) is 18.9 Å². The number of carbonyl (C=O) groups is 2. The molecule has 4 aromatic rings. The summed E-state index contributed by atoms with van der Waals surface area (Å²) in [4.78, 5) is 32.9. The maximum Gasteiger partial charge on any atom is 0.290 e. The average molecular weight is 703 g/mol. The summed E-state index contributed by atoms with van der Waals surface area (Å²) in [6, 6.07) is 21.5. The number of rotatable bonds is 9. The number of phenols is 1. The highest BCUT2D eigenvalue weighted by Gasteiger charge is 2.26. The molecule has 6 rings (SSSR count). The summed E-state index contributed by atoms with van der Waals surface area (Å²) in [6.45, 7) is 4.43. The Balaban J connectivity index is 0.00000168. The van der Waals surface area contributed by atoms with Crippen LogP contribution in [0.2, 0.25) is 0 Å². The summed E-state index contributed by atoms with van der Waals surface area (Å²) in [6.07, 6.45) is 7.97. The van der Waals surface area contributed by atoms with Crippen molar-refractivity contribution >= 4 is 30.0 Å². The second-order valence-electron chi connectivity index (χ2n) is 12.0. The molecule has 52 heavy (non-hydrogen) atoms. The summed E-state index contributed by atoms with van der Waals surface area (Å²) >= 11 is 0. The van der Waals surface area contributed by atoms with Crippen molar-refractivity contribution in [1.29, 1.82) is 10.5 Å². The third-order valence-electron chi connectivity index (χ3n) is 8.88. The number of piperidine rings is 1. The van der Waals surface area contributed by atoms with Crippen LogP contribution in [0, 0.1) is 22.7 Å². The van der Waals surface area contributed by atoms with Crippen molar-refractivity contribution in [3.05, 3.63) is 95.5 Å². The third kappa shape index (κ3) is 9.07. The van der Waals surface area contributed by atoms with E-state index < -0.39 is 5.91 Å². The minimum Gasteiger partial charge on any atom is -0.506 e. The molecular formula is C38H38N8O6. The number of carbonyl (C=O) groups excluding carboxylic acids is 1. The van der Waals surface area contributed by atoms with Crippen LogP contribution in [0.3, 0.4) is 0 Å². The highest BCUT2D eigenvalue weighted by Crippen LogP contribution is 2.41. The molecule has 0 spiro atoms. The fraction of sp³-hybridized carbons (Fsp3) is 0.263. The van der Waals surface area contributed by atoms with Gasteiger partial charge in [0.15, 0.2) is 0 Å². The normalized spacial score (nSPS) is 14.5. The van der Waals surface area contributed by atoms with E-state index in [1.54, 1.807) is 42.1 Å². The topological polar surface area (TPSA) is 208 Å². The molecule has 4 heterocycles. The van der Waals surface area contributed by atoms with Gasteiger partial charge in [-0.05, 0) is 59.9 Å². The number of hydrogen-bond acceptors (Lipinski definition) is 12. The molecule has 0 saturated carbocycles. The standard InChI is InChI=1S/C37H36N8O4.CH2O2/c38-20-30-8-6-28(23-41-30)36-31(21-39)37(42-24-32(36)27-7-9-33(34(46)19-27)44-15-17-49-18-16-44)45-13-11-29(12-14-45)40-22-26-3-1-25(2-4-26)5-10-35(47)43-48;2-1-3/h1-10,19,23-24,29,40,46,48H,11-18,22H2,(H,43,47);1H,(H,2,3)/b10-5+;. The van der Waals surface area contributed by atoms with Gasteiger partial charge in [-0.2, -0.15) is 10.5 Å². The zero-order chi connectivity index (χ0) is 36.9. The van der Waals surface area contributed by atoms with Crippen LogP contribution in [0.5, 0.6) is 5.75 Å². The molecule has 2 aliphatic heterocycles. The Bertz CT molecular complexity index is 1960. The first-order valence-corrected chi connectivity index (χ1v) is 16.6. The molecule has 2 saturated heterocycles. The number of aromatic nitrogens is 2. The number of benzene rings is 2. The van der Waals surface area contributed by atoms with E-state index in [1.165, 1.54) is 6.08 Å². The Kier molecular flexibility index (Phi) is 12.8. The quantitative estimate of drug-likeness (QED) is 0.0722. The van der Waals surface area contributed by atoms with Crippen molar-refractivity contribution in [2.75, 3.05) is 49.2 Å². The number of carboxylic acid groups (broad SMARTS) is 1. The molecule has 2 aliphatic rings. The number of aromatic hydroxyl groups is 1. The van der Waals surface area contributed by atoms with Crippen LogP contribution in [-0.2, 0) is 20.9 Å². The molecule has 0 radical (unpaired) electrons. The highest BCUT2D eigenvalue weighted by molar-refractivity contribution is 5.91. The van der Waals surface area contributed by atoms with Gasteiger partial charge in [-0.1, -0.05) is 30.3 Å². The van der Waals surface area contributed by atoms with Gasteiger partial charge in [0.1, 0.15) is 35.0 Å². The predicted molar refractivity (Wildman–Crippen MR) is 193 cm³/mol. The van der Waals surface area contributed by atoms with Gasteiger partial charge in [-0.3, -0.25) is 14.8 Å². The minimum absolute atomic E-state index is 0.139. The van der Waals surface area contributed by atoms with Gasteiger partial charge in [-0.15, -0.1) is 0 Å². The lowest BCUT2D eigenvalue weighted by molar-refractivity contribution is -0.124. The number of nitrogens with one attached hydrogen (secondary N) is 2. The highest BCUT2D eigenvalue weighted by atomic mass is 16.5. The smallest absolute Gasteiger partial charge is 0.290 e. The molecule has 0 bridgehead atoms. The molecule has 266 valence electrons. The number of amides is 1. The molecule has 0 unspecified atom stereocenters. The first kappa shape index (κ1) is 36.9. The lowest BCUT2D eigenvalue weighted by atomic mass is 9.92. The van der Waals surface area contributed by atoms with Crippen molar-refractivity contribution in [3.63, 3.8) is 0 Å². The largest absolute Gasteiger partial charge is 0.506 e. The Labute approximate surface area is 300 Å². The Morgan fingerprint density at radius 1 is 0.942 bits per heavy atom. The number of nitrogens with zero attached hydrogens (tertiary/aromatic N) is 6. The number of hydroxylamine groups is 1. The molecule has 1 amide bonds. The maximum absolute atomic E-state index is 11.2. The molecule has 2 aromatic heterocycles. The first-order valence-electron chi connectivity index (χ1n) is 16.6. The lowest BCUT2D eigenvalue weighted by Crippen LogP contribution is -2.42. The van der Waals surface area contributed by atoms with Gasteiger partial charge < -0.3 is 30.1 Å². The number of anilines is 2. The lowest BCUT2D eigenvalue weighted by Gasteiger charge is -2.34. The number of nitriles is 2. The van der Waals surface area contributed by atoms with Crippen LogP contribution in [0.25, 0.3) is 28.3 Å². The van der Waals surface area contributed by atoms with E-state index in [9.17, 15) is 20.4 Å². The van der Waals surface area contributed by atoms with Crippen molar-refractivity contribution in [2.24, 2.45) is 0 Å². The Morgan fingerprint density at radius 2 is 1.65 bits per heavy atom. The van der Waals surface area contributed by atoms with Crippen LogP contribution in [0.4, 0.5) is 11.5 Å². The Hall–Kier alpha value is -6.32. The molecule has 2 aromatic carbocycles. The second kappa shape index (κ2) is 18.1. The molecular weight excluding hydrogens is 664 g/mol. The zero-order valence-corrected chi connectivity index (χ0v) is 28.3. The van der Waals surface area contributed by atoms with Gasteiger partial charge in [0.25, 0.3) is 12.4 Å². The van der Waals surface area contributed by atoms with E-state index in [0.29, 0.717) is 79.6 Å². The third-order valence-corrected chi connectivity index (χ3v) is 8.88. The summed E-state index contributed by atoms with van der Waals surface area (Å²) in [7, 11) is 0. The number of hydrogen-bond donors (Lipinski definition) is 5. The molecule has 5 N–H and O–H groups in total. The van der Waals surface area contributed by atoms with Crippen molar-refractivity contribution < 1.29 is 29.7 Å². The molecule has 14 heteroatoms. The summed E-state index contributed by atoms with van der Waals surface area (Å²) in [5.74, 6) is 0.152. The van der Waals surface area contributed by atoms with Crippen LogP contribution < -0.4 is 20.6 Å². The summed E-state index contributed by atoms with van der Waals surface area (Å²) < 4.78 is 5.46. The van der Waals surface area contributed by atoms with E-state index in [1.807, 2.05) is 36.4 Å². The summed E-state index contributed by atoms with van der Waals surface area (Å²) in [5, 5.41) is 50.2. The van der Waals surface area contributed by atoms with Crippen LogP contribution in [0.15, 0.2) is 73.1 Å². The van der Waals surface area contributed by atoms with E-state index in [2.05, 4.69) is 32.2 Å². The van der Waals surface area contributed by atoms with Crippen molar-refractivity contribution in [2.45, 2.75) is 25.4 Å². The SMILES string of the molecule is N#Cc1ccc(-c2c(-c3ccc(N4CCOCC4)c(O)c3)cnc(N3CCC(NCc4ccc(/C=C/C(=O)NO)cc4)CC3)c2C#N)cn1.O=CO. The molecule has 0 atom stereocenters. The molecule has 2 fully saturated rings. The molecule has 14 nitrogen and oxygen atoms in total. The Morgan fingerprint density at radius 3 is 2.27 bits per heavy atom. The fourth-order valence-corrected chi connectivity index (χ4v) is 6.25. The van der Waals surface area contributed by atoms with E-state index in [4.69, 9.17) is 24.8 Å². The predicted octanol–water partition coefficient (Wildman–Crippen LogP) is 4.07. The van der Waals surface area contributed by atoms with Gasteiger partial charge >= 0.3 is 0 Å². The number of phenolic OH excluding ortho intramolecular Hbond substituents is 1. The zero-order valence-electron chi connectivity index (χ0n) is 28.3. The summed E-state index contributed by atoms with van der Waals surface area (Å²) in [5.41, 5.74) is 7.69. The van der Waals surface area contributed by atoms with E-state index >= 15 is 0 Å². The van der Waals surface area contributed by atoms with E-state index in [0.717, 1.165) is 29.7 Å². The molecule has 0 aliphatic carbocycles. The van der Waals surface area contributed by atoms with Crippen molar-refractivity contribution in [1.82, 2.24) is 20.8 Å². The minimum atomic E-state index is -0.581. The van der Waals surface area contributed by atoms with Gasteiger partial charge in [-0.25, -0.2) is 15.4 Å². The van der Waals surface area contributed by atoms with Crippen molar-refractivity contribution in [3.8, 4) is 40.1 Å². The first-order chi connectivity index (χ1) is 25.4. The van der Waals surface area contributed by atoms with Gasteiger partial charge in [0, 0.05) is 73.9 Å². The van der Waals surface area contributed by atoms with Crippen LogP contribution >= 0.6 is 0 Å². The number of pyridine rings is 2. The number of ether oxygens (including phenoxy) is 1. The van der Waals surface area contributed by atoms with Gasteiger partial charge in [0.2, 0.25) is 0 Å².